The van der Waals surface area contributed by atoms with E-state index in [9.17, 15) is 4.79 Å². The third-order valence-electron chi connectivity index (χ3n) is 3.47. The number of amides is 1. The highest BCUT2D eigenvalue weighted by molar-refractivity contribution is 5.92. The minimum Gasteiger partial charge on any atom is -0.321 e. The number of anilines is 1. The third kappa shape index (κ3) is 3.86. The summed E-state index contributed by atoms with van der Waals surface area (Å²) in [5.74, 6) is 0.0884. The lowest BCUT2D eigenvalue weighted by Crippen LogP contribution is -2.48. The van der Waals surface area contributed by atoms with Crippen LogP contribution in [0.1, 0.15) is 19.4 Å². The predicted molar refractivity (Wildman–Crippen MR) is 71.9 cm³/mol. The Morgan fingerprint density at radius 3 is 2.35 bits per heavy atom. The molecule has 0 saturated carbocycles. The Bertz CT molecular complexity index is 384. The lowest BCUT2D eigenvalue weighted by molar-refractivity contribution is -0.898. The second kappa shape index (κ2) is 5.82. The van der Waals surface area contributed by atoms with Gasteiger partial charge < -0.3 is 9.80 Å². The van der Waals surface area contributed by atoms with Crippen LogP contribution in [0.5, 0.6) is 0 Å². The molecule has 0 aliphatic heterocycles. The van der Waals surface area contributed by atoms with Crippen LogP contribution in [0.25, 0.3) is 0 Å². The van der Waals surface area contributed by atoms with Crippen molar-refractivity contribution >= 4 is 11.6 Å². The zero-order valence-corrected chi connectivity index (χ0v) is 11.3. The van der Waals surface area contributed by atoms with Crippen LogP contribution in [0.3, 0.4) is 0 Å². The number of nitrogens with zero attached hydrogens (tertiary/aromatic N) is 1. The van der Waals surface area contributed by atoms with Gasteiger partial charge in [0.05, 0.1) is 20.1 Å². The molecule has 3 nitrogen and oxygen atoms in total. The van der Waals surface area contributed by atoms with E-state index >= 15 is 0 Å². The van der Waals surface area contributed by atoms with E-state index in [4.69, 9.17) is 0 Å². The number of hydrogen-bond donors (Lipinski definition) is 1. The summed E-state index contributed by atoms with van der Waals surface area (Å²) in [5, 5.41) is 2.98. The predicted octanol–water partition coefficient (Wildman–Crippen LogP) is 2.42. The van der Waals surface area contributed by atoms with E-state index in [0.717, 1.165) is 28.8 Å². The van der Waals surface area contributed by atoms with Crippen LogP contribution in [0.15, 0.2) is 24.3 Å². The lowest BCUT2D eigenvalue weighted by atomic mass is 10.2. The van der Waals surface area contributed by atoms with Crippen LogP contribution >= 0.6 is 0 Å². The number of benzene rings is 1. The molecule has 0 unspecified atom stereocenters. The summed E-state index contributed by atoms with van der Waals surface area (Å²) < 4.78 is 0.776. The van der Waals surface area contributed by atoms with E-state index in [1.54, 1.807) is 0 Å². The first-order valence-electron chi connectivity index (χ1n) is 6.20. The molecule has 1 aromatic carbocycles. The molecular formula is C14H23N2O+. The maximum Gasteiger partial charge on any atom is 0.279 e. The Morgan fingerprint density at radius 2 is 1.82 bits per heavy atom. The van der Waals surface area contributed by atoms with E-state index in [-0.39, 0.29) is 5.91 Å². The molecule has 0 aliphatic rings. The number of nitrogens with one attached hydrogen (secondary N) is 1. The molecule has 0 radical (unpaired) electrons. The number of hydrogen-bond acceptors (Lipinski definition) is 1. The molecule has 0 bridgehead atoms. The molecule has 0 heterocycles. The molecule has 0 saturated heterocycles. The Balaban J connectivity index is 2.65. The number of likely N-dealkylation sites (N-methyl/N-ethyl adjacent to an activating group) is 1. The summed E-state index contributed by atoms with van der Waals surface area (Å²) in [6, 6.07) is 7.86. The van der Waals surface area contributed by atoms with Crippen molar-refractivity contribution in [3.8, 4) is 0 Å². The summed E-state index contributed by atoms with van der Waals surface area (Å²) in [4.78, 5) is 12.0. The maximum atomic E-state index is 12.0. The highest BCUT2D eigenvalue weighted by atomic mass is 16.2. The van der Waals surface area contributed by atoms with Crippen molar-refractivity contribution < 1.29 is 9.28 Å². The van der Waals surface area contributed by atoms with E-state index in [1.807, 2.05) is 31.2 Å². The molecule has 3 heteroatoms. The summed E-state index contributed by atoms with van der Waals surface area (Å²) >= 11 is 0. The molecule has 1 aromatic rings. The molecule has 1 amide bonds. The van der Waals surface area contributed by atoms with Crippen molar-refractivity contribution in [2.24, 2.45) is 0 Å². The highest BCUT2D eigenvalue weighted by Crippen LogP contribution is 2.13. The average Bonchev–Trinajstić information content (AvgIpc) is 2.32. The van der Waals surface area contributed by atoms with Gasteiger partial charge in [-0.1, -0.05) is 18.2 Å². The molecule has 0 atom stereocenters. The second-order valence-corrected chi connectivity index (χ2v) is 4.77. The Kier molecular flexibility index (Phi) is 4.70. The van der Waals surface area contributed by atoms with Gasteiger partial charge >= 0.3 is 0 Å². The number of carbonyl (C=O) groups is 1. The molecule has 1 rings (SSSR count). The first-order chi connectivity index (χ1) is 8.00. The summed E-state index contributed by atoms with van der Waals surface area (Å²) in [7, 11) is 2.11. The quantitative estimate of drug-likeness (QED) is 0.780. The summed E-state index contributed by atoms with van der Waals surface area (Å²) in [5.41, 5.74) is 2.01. The van der Waals surface area contributed by atoms with Gasteiger partial charge in [0.1, 0.15) is 0 Å². The Hall–Kier alpha value is -1.35. The number of rotatable bonds is 5. The average molecular weight is 235 g/mol. The Morgan fingerprint density at radius 1 is 1.24 bits per heavy atom. The highest BCUT2D eigenvalue weighted by Gasteiger charge is 2.21. The van der Waals surface area contributed by atoms with Gasteiger partial charge in [-0.2, -0.15) is 0 Å². The minimum absolute atomic E-state index is 0.0884. The first-order valence-corrected chi connectivity index (χ1v) is 6.20. The topological polar surface area (TPSA) is 29.1 Å². The van der Waals surface area contributed by atoms with E-state index < -0.39 is 0 Å². The van der Waals surface area contributed by atoms with Crippen molar-refractivity contribution in [1.82, 2.24) is 0 Å². The number of para-hydroxylation sites is 1. The molecule has 0 aromatic heterocycles. The largest absolute Gasteiger partial charge is 0.321 e. The monoisotopic (exact) mass is 235 g/mol. The summed E-state index contributed by atoms with van der Waals surface area (Å²) in [6.07, 6.45) is 0. The molecule has 0 fully saturated rings. The van der Waals surface area contributed by atoms with Crippen LogP contribution in [-0.4, -0.2) is 37.1 Å². The first kappa shape index (κ1) is 13.7. The van der Waals surface area contributed by atoms with Gasteiger partial charge in [0.15, 0.2) is 6.54 Å². The van der Waals surface area contributed by atoms with E-state index in [0.29, 0.717) is 6.54 Å². The number of quaternary nitrogens is 1. The van der Waals surface area contributed by atoms with Gasteiger partial charge in [-0.05, 0) is 32.4 Å². The number of carbonyl (C=O) groups excluding carboxylic acids is 1. The second-order valence-electron chi connectivity index (χ2n) is 4.77. The number of aryl methyl sites for hydroxylation is 1. The van der Waals surface area contributed by atoms with E-state index in [1.165, 1.54) is 0 Å². The van der Waals surface area contributed by atoms with Crippen molar-refractivity contribution in [2.45, 2.75) is 20.8 Å². The van der Waals surface area contributed by atoms with Crippen LogP contribution in [0.4, 0.5) is 5.69 Å². The van der Waals surface area contributed by atoms with Crippen molar-refractivity contribution in [2.75, 3.05) is 32.0 Å². The van der Waals surface area contributed by atoms with Gasteiger partial charge in [-0.15, -0.1) is 0 Å². The molecule has 1 N–H and O–H groups in total. The SMILES string of the molecule is CC[N+](C)(CC)CC(=O)Nc1ccccc1C. The fourth-order valence-corrected chi connectivity index (χ4v) is 1.70. The molecule has 0 aliphatic carbocycles. The molecule has 0 spiro atoms. The van der Waals surface area contributed by atoms with Gasteiger partial charge in [0, 0.05) is 5.69 Å². The van der Waals surface area contributed by atoms with Crippen LogP contribution in [-0.2, 0) is 4.79 Å². The van der Waals surface area contributed by atoms with Crippen molar-refractivity contribution in [3.63, 3.8) is 0 Å². The van der Waals surface area contributed by atoms with Gasteiger partial charge in [-0.25, -0.2) is 0 Å². The maximum absolute atomic E-state index is 12.0. The Labute approximate surface area is 104 Å². The van der Waals surface area contributed by atoms with Gasteiger partial charge in [0.2, 0.25) is 0 Å². The van der Waals surface area contributed by atoms with Crippen molar-refractivity contribution in [3.05, 3.63) is 29.8 Å². The minimum atomic E-state index is 0.0884. The fraction of sp³-hybridized carbons (Fsp3) is 0.500. The van der Waals surface area contributed by atoms with Crippen LogP contribution < -0.4 is 5.32 Å². The molecular weight excluding hydrogens is 212 g/mol. The normalized spacial score (nSPS) is 11.3. The zero-order chi connectivity index (χ0) is 12.9. The smallest absolute Gasteiger partial charge is 0.279 e. The van der Waals surface area contributed by atoms with E-state index in [2.05, 4.69) is 26.2 Å². The van der Waals surface area contributed by atoms with Crippen LogP contribution in [0, 0.1) is 6.92 Å². The van der Waals surface area contributed by atoms with Gasteiger partial charge in [-0.3, -0.25) is 4.79 Å². The van der Waals surface area contributed by atoms with Crippen LogP contribution in [0.2, 0.25) is 0 Å². The fourth-order valence-electron chi connectivity index (χ4n) is 1.70. The van der Waals surface area contributed by atoms with Gasteiger partial charge in [0.25, 0.3) is 5.91 Å². The third-order valence-corrected chi connectivity index (χ3v) is 3.47. The van der Waals surface area contributed by atoms with Crippen molar-refractivity contribution in [1.29, 1.82) is 0 Å². The lowest BCUT2D eigenvalue weighted by Gasteiger charge is -2.31. The molecule has 94 valence electrons. The zero-order valence-electron chi connectivity index (χ0n) is 11.3. The standard InChI is InChI=1S/C14H22N2O/c1-5-16(4,6-2)11-14(17)15-13-10-8-7-9-12(13)3/h7-10H,5-6,11H2,1-4H3/p+1. The molecule has 17 heavy (non-hydrogen) atoms. The summed E-state index contributed by atoms with van der Waals surface area (Å²) in [6.45, 7) is 8.70.